The predicted molar refractivity (Wildman–Crippen MR) is 60.3 cm³/mol. The number of hydrogen-bond acceptors (Lipinski definition) is 4. The van der Waals surface area contributed by atoms with Crippen LogP contribution in [0.1, 0.15) is 6.42 Å². The lowest BCUT2D eigenvalue weighted by Gasteiger charge is -2.30. The maximum absolute atomic E-state index is 12.2. The van der Waals surface area contributed by atoms with E-state index in [-0.39, 0.29) is 6.04 Å². The van der Waals surface area contributed by atoms with Gasteiger partial charge in [-0.3, -0.25) is 0 Å². The van der Waals surface area contributed by atoms with Crippen LogP contribution in [0.3, 0.4) is 0 Å². The Morgan fingerprint density at radius 2 is 1.88 bits per heavy atom. The molecule has 6 nitrogen and oxygen atoms in total. The molecule has 7 heteroatoms. The Morgan fingerprint density at radius 3 is 2.44 bits per heavy atom. The summed E-state index contributed by atoms with van der Waals surface area (Å²) in [4.78, 5) is 0. The average molecular weight is 249 g/mol. The fourth-order valence-corrected chi connectivity index (χ4v) is 3.76. The van der Waals surface area contributed by atoms with Gasteiger partial charge in [0.25, 0.3) is 10.2 Å². The third-order valence-corrected chi connectivity index (χ3v) is 5.18. The van der Waals surface area contributed by atoms with Crippen molar-refractivity contribution in [2.45, 2.75) is 12.5 Å². The van der Waals surface area contributed by atoms with Crippen LogP contribution < -0.4 is 5.32 Å². The smallest absolute Gasteiger partial charge is 0.282 e. The number of rotatable bonds is 3. The first kappa shape index (κ1) is 12.3. The van der Waals surface area contributed by atoms with Crippen molar-refractivity contribution in [3.63, 3.8) is 0 Å². The molecule has 2 fully saturated rings. The van der Waals surface area contributed by atoms with Crippen molar-refractivity contribution in [1.82, 2.24) is 13.9 Å². The van der Waals surface area contributed by atoms with E-state index >= 15 is 0 Å². The van der Waals surface area contributed by atoms with Crippen LogP contribution in [-0.2, 0) is 14.9 Å². The molecular weight excluding hydrogens is 230 g/mol. The maximum Gasteiger partial charge on any atom is 0.282 e. The van der Waals surface area contributed by atoms with Gasteiger partial charge in [-0.2, -0.15) is 17.0 Å². The number of nitrogens with one attached hydrogen (secondary N) is 1. The zero-order valence-electron chi connectivity index (χ0n) is 9.55. The maximum atomic E-state index is 12.2. The summed E-state index contributed by atoms with van der Waals surface area (Å²) in [6, 6.07) is 0.288. The summed E-state index contributed by atoms with van der Waals surface area (Å²) >= 11 is 0. The molecule has 0 amide bonds. The molecule has 0 saturated carbocycles. The molecule has 2 rings (SSSR count). The molecule has 2 aliphatic heterocycles. The van der Waals surface area contributed by atoms with Gasteiger partial charge in [0.05, 0.1) is 13.2 Å². The molecule has 2 heterocycles. The Kier molecular flexibility index (Phi) is 3.81. The number of hydrogen-bond donors (Lipinski definition) is 1. The highest BCUT2D eigenvalue weighted by molar-refractivity contribution is 7.86. The van der Waals surface area contributed by atoms with Crippen molar-refractivity contribution in [2.24, 2.45) is 0 Å². The monoisotopic (exact) mass is 249 g/mol. The summed E-state index contributed by atoms with van der Waals surface area (Å²) in [6.45, 7) is 3.15. The van der Waals surface area contributed by atoms with E-state index in [2.05, 4.69) is 5.32 Å². The summed E-state index contributed by atoms with van der Waals surface area (Å²) in [5.74, 6) is 0. The summed E-state index contributed by atoms with van der Waals surface area (Å²) < 4.78 is 32.7. The topological polar surface area (TPSA) is 61.9 Å². The molecule has 0 aliphatic carbocycles. The molecule has 2 saturated heterocycles. The fraction of sp³-hybridized carbons (Fsp3) is 1.00. The summed E-state index contributed by atoms with van der Waals surface area (Å²) in [5.41, 5.74) is 0. The van der Waals surface area contributed by atoms with Crippen LogP contribution in [-0.4, -0.2) is 69.5 Å². The lowest BCUT2D eigenvalue weighted by molar-refractivity contribution is 0.0705. The van der Waals surface area contributed by atoms with Crippen LogP contribution in [0.15, 0.2) is 0 Å². The van der Waals surface area contributed by atoms with E-state index in [1.807, 2.05) is 7.05 Å². The first-order valence-corrected chi connectivity index (χ1v) is 7.04. The lowest BCUT2D eigenvalue weighted by Crippen LogP contribution is -2.48. The standard InChI is InChI=1S/C9H19N3O3S/c1-10-9-2-3-12(8-9)16(13,14)11-4-6-15-7-5-11/h9-10H,2-8H2,1H3. The van der Waals surface area contributed by atoms with Crippen LogP contribution >= 0.6 is 0 Å². The lowest BCUT2D eigenvalue weighted by atomic mass is 10.3. The van der Waals surface area contributed by atoms with Crippen LogP contribution in [0, 0.1) is 0 Å². The minimum atomic E-state index is -3.26. The number of morpholine rings is 1. The normalized spacial score (nSPS) is 29.7. The van der Waals surface area contributed by atoms with Crippen molar-refractivity contribution in [1.29, 1.82) is 0 Å². The van der Waals surface area contributed by atoms with E-state index in [0.29, 0.717) is 39.4 Å². The van der Waals surface area contributed by atoms with Crippen molar-refractivity contribution < 1.29 is 13.2 Å². The summed E-state index contributed by atoms with van der Waals surface area (Å²) in [7, 11) is -1.39. The van der Waals surface area contributed by atoms with Crippen LogP contribution in [0.5, 0.6) is 0 Å². The Balaban J connectivity index is 2.01. The zero-order valence-corrected chi connectivity index (χ0v) is 10.4. The summed E-state index contributed by atoms with van der Waals surface area (Å²) in [5, 5.41) is 3.12. The molecule has 0 spiro atoms. The SMILES string of the molecule is CNC1CCN(S(=O)(=O)N2CCOCC2)C1. The molecule has 0 radical (unpaired) electrons. The molecule has 0 aromatic rings. The molecular formula is C9H19N3O3S. The molecule has 1 N–H and O–H groups in total. The molecule has 1 unspecified atom stereocenters. The van der Waals surface area contributed by atoms with Crippen LogP contribution in [0.25, 0.3) is 0 Å². The van der Waals surface area contributed by atoms with Gasteiger partial charge in [0.1, 0.15) is 0 Å². The largest absolute Gasteiger partial charge is 0.379 e. The van der Waals surface area contributed by atoms with Gasteiger partial charge >= 0.3 is 0 Å². The molecule has 2 aliphatic rings. The van der Waals surface area contributed by atoms with Gasteiger partial charge in [-0.1, -0.05) is 0 Å². The highest BCUT2D eigenvalue weighted by atomic mass is 32.2. The Labute approximate surface area is 96.7 Å². The molecule has 0 bridgehead atoms. The second kappa shape index (κ2) is 4.97. The molecule has 0 aromatic heterocycles. The van der Waals surface area contributed by atoms with E-state index in [0.717, 1.165) is 6.42 Å². The van der Waals surface area contributed by atoms with Crippen LogP contribution in [0.2, 0.25) is 0 Å². The van der Waals surface area contributed by atoms with Gasteiger partial charge in [-0.15, -0.1) is 0 Å². The Hall–Kier alpha value is -0.210. The molecule has 1 atom stereocenters. The minimum Gasteiger partial charge on any atom is -0.379 e. The van der Waals surface area contributed by atoms with E-state index in [4.69, 9.17) is 4.74 Å². The van der Waals surface area contributed by atoms with Crippen molar-refractivity contribution in [2.75, 3.05) is 46.4 Å². The summed E-state index contributed by atoms with van der Waals surface area (Å²) in [6.07, 6.45) is 0.889. The van der Waals surface area contributed by atoms with Gasteiger partial charge in [0.2, 0.25) is 0 Å². The van der Waals surface area contributed by atoms with E-state index < -0.39 is 10.2 Å². The highest BCUT2D eigenvalue weighted by Gasteiger charge is 2.35. The van der Waals surface area contributed by atoms with Gasteiger partial charge in [-0.05, 0) is 13.5 Å². The quantitative estimate of drug-likeness (QED) is 0.686. The molecule has 0 aromatic carbocycles. The van der Waals surface area contributed by atoms with Crippen molar-refractivity contribution >= 4 is 10.2 Å². The molecule has 16 heavy (non-hydrogen) atoms. The number of ether oxygens (including phenoxy) is 1. The Morgan fingerprint density at radius 1 is 1.19 bits per heavy atom. The number of likely N-dealkylation sites (N-methyl/N-ethyl adjacent to an activating group) is 1. The van der Waals surface area contributed by atoms with Crippen LogP contribution in [0.4, 0.5) is 0 Å². The highest BCUT2D eigenvalue weighted by Crippen LogP contribution is 2.17. The van der Waals surface area contributed by atoms with Crippen molar-refractivity contribution in [3.8, 4) is 0 Å². The zero-order chi connectivity index (χ0) is 11.6. The minimum absolute atomic E-state index is 0.288. The van der Waals surface area contributed by atoms with E-state index in [1.54, 1.807) is 4.31 Å². The average Bonchev–Trinajstić information content (AvgIpc) is 2.79. The second-order valence-corrected chi connectivity index (χ2v) is 6.08. The number of nitrogens with zero attached hydrogens (tertiary/aromatic N) is 2. The van der Waals surface area contributed by atoms with E-state index in [1.165, 1.54) is 4.31 Å². The fourth-order valence-electron chi connectivity index (χ4n) is 2.11. The van der Waals surface area contributed by atoms with Gasteiger partial charge in [0.15, 0.2) is 0 Å². The van der Waals surface area contributed by atoms with E-state index in [9.17, 15) is 8.42 Å². The third kappa shape index (κ3) is 2.38. The Bertz CT molecular complexity index is 327. The first-order valence-electron chi connectivity index (χ1n) is 5.65. The third-order valence-electron chi connectivity index (χ3n) is 3.18. The predicted octanol–water partition coefficient (Wildman–Crippen LogP) is -1.14. The second-order valence-electron chi connectivity index (χ2n) is 4.15. The van der Waals surface area contributed by atoms with Gasteiger partial charge in [-0.25, -0.2) is 0 Å². The van der Waals surface area contributed by atoms with Crippen molar-refractivity contribution in [3.05, 3.63) is 0 Å². The van der Waals surface area contributed by atoms with Gasteiger partial charge < -0.3 is 10.1 Å². The first-order chi connectivity index (χ1) is 7.64. The molecule has 94 valence electrons. The van der Waals surface area contributed by atoms with Gasteiger partial charge in [0, 0.05) is 32.2 Å².